The second-order valence-corrected chi connectivity index (χ2v) is 2.60. The maximum Gasteiger partial charge on any atom is 1.00 e. The van der Waals surface area contributed by atoms with Crippen LogP contribution in [0.4, 0.5) is 0 Å². The molecule has 1 N–H and O–H groups in total. The van der Waals surface area contributed by atoms with Gasteiger partial charge in [0.1, 0.15) is 0 Å². The minimum atomic E-state index is -1.08. The van der Waals surface area contributed by atoms with Crippen molar-refractivity contribution in [2.75, 3.05) is 28.2 Å². The van der Waals surface area contributed by atoms with Gasteiger partial charge in [-0.3, -0.25) is 5.41 Å². The van der Waals surface area contributed by atoms with E-state index < -0.39 is 5.97 Å². The number of carboxylic acid groups (broad SMARTS) is 1. The minimum Gasteiger partial charge on any atom is -0.550 e. The maximum atomic E-state index is 8.89. The van der Waals surface area contributed by atoms with Crippen LogP contribution >= 0.6 is 0 Å². The second kappa shape index (κ2) is 9.83. The Kier molecular flexibility index (Phi) is 14.0. The summed E-state index contributed by atoms with van der Waals surface area (Å²) in [5.74, 6) is -0.565. The first-order valence-corrected chi connectivity index (χ1v) is 3.39. The fourth-order valence-corrected chi connectivity index (χ4v) is 0.400. The number of carbonyl (C=O) groups is 1. The van der Waals surface area contributed by atoms with Crippen molar-refractivity contribution in [3.63, 3.8) is 0 Å². The van der Waals surface area contributed by atoms with Gasteiger partial charge in [-0.05, 0) is 6.92 Å². The summed E-state index contributed by atoms with van der Waals surface area (Å²) in [4.78, 5) is 12.4. The molecule has 0 heterocycles. The Morgan fingerprint density at radius 2 is 1.31 bits per heavy atom. The molecule has 0 amide bonds. The average Bonchev–Trinajstić information content (AvgIpc) is 1.84. The van der Waals surface area contributed by atoms with Gasteiger partial charge in [-0.25, -0.2) is 0 Å². The second-order valence-electron chi connectivity index (χ2n) is 2.60. The SMILES string of the molecule is CC(=O)[O-].CN(C)C(=N)N(C)C.[Na+]. The largest absolute Gasteiger partial charge is 1.00 e. The first kappa shape index (κ1) is 18.5. The zero-order valence-corrected chi connectivity index (χ0v) is 11.2. The molecule has 5 nitrogen and oxygen atoms in total. The molecule has 0 aliphatic carbocycles. The zero-order valence-electron chi connectivity index (χ0n) is 9.21. The number of nitrogens with zero attached hydrogens (tertiary/aromatic N) is 2. The molecule has 0 bridgehead atoms. The first-order chi connectivity index (χ1) is 5.29. The molecule has 0 saturated heterocycles. The summed E-state index contributed by atoms with van der Waals surface area (Å²) in [5.41, 5.74) is 0. The van der Waals surface area contributed by atoms with Gasteiger partial charge in [-0.15, -0.1) is 0 Å². The summed E-state index contributed by atoms with van der Waals surface area (Å²) in [6.45, 7) is 0.972. The van der Waals surface area contributed by atoms with Crippen molar-refractivity contribution < 1.29 is 39.5 Å². The van der Waals surface area contributed by atoms with Crippen LogP contribution in [0.1, 0.15) is 6.92 Å². The molecule has 0 spiro atoms. The Hall–Kier alpha value is -0.260. The summed E-state index contributed by atoms with van der Waals surface area (Å²) in [6.07, 6.45) is 0. The Balaban J connectivity index is -0.000000173. The fraction of sp³-hybridized carbons (Fsp3) is 0.714. The normalized spacial score (nSPS) is 7.15. The van der Waals surface area contributed by atoms with Crippen LogP contribution in [-0.2, 0) is 4.79 Å². The van der Waals surface area contributed by atoms with E-state index in [0.29, 0.717) is 5.96 Å². The van der Waals surface area contributed by atoms with Crippen LogP contribution in [-0.4, -0.2) is 49.9 Å². The van der Waals surface area contributed by atoms with Crippen molar-refractivity contribution in [3.8, 4) is 0 Å². The van der Waals surface area contributed by atoms with Gasteiger partial charge in [-0.1, -0.05) is 0 Å². The van der Waals surface area contributed by atoms with Crippen LogP contribution in [0.5, 0.6) is 0 Å². The van der Waals surface area contributed by atoms with Crippen molar-refractivity contribution >= 4 is 11.9 Å². The summed E-state index contributed by atoms with van der Waals surface area (Å²) in [7, 11) is 7.40. The molecule has 0 atom stereocenters. The summed E-state index contributed by atoms with van der Waals surface area (Å²) >= 11 is 0. The Morgan fingerprint density at radius 1 is 1.15 bits per heavy atom. The number of carbonyl (C=O) groups excluding carboxylic acids is 1. The van der Waals surface area contributed by atoms with Crippen LogP contribution < -0.4 is 34.7 Å². The topological polar surface area (TPSA) is 70.5 Å². The van der Waals surface area contributed by atoms with Gasteiger partial charge in [0.2, 0.25) is 0 Å². The van der Waals surface area contributed by atoms with Gasteiger partial charge in [-0.2, -0.15) is 0 Å². The van der Waals surface area contributed by atoms with Crippen molar-refractivity contribution in [1.29, 1.82) is 5.41 Å². The molecule has 13 heavy (non-hydrogen) atoms. The van der Waals surface area contributed by atoms with E-state index in [1.165, 1.54) is 0 Å². The summed E-state index contributed by atoms with van der Waals surface area (Å²) in [5, 5.41) is 16.1. The molecule has 72 valence electrons. The summed E-state index contributed by atoms with van der Waals surface area (Å²) < 4.78 is 0. The van der Waals surface area contributed by atoms with Crippen LogP contribution in [0.3, 0.4) is 0 Å². The number of aliphatic carboxylic acids is 1. The van der Waals surface area contributed by atoms with E-state index in [9.17, 15) is 0 Å². The standard InChI is InChI=1S/C5H13N3.C2H4O2.Na/c1-7(2)5(6)8(3)4;1-2(3)4;/h6H,1-4H3;1H3,(H,3,4);/q;;+1/p-1. The van der Waals surface area contributed by atoms with Crippen molar-refractivity contribution in [2.24, 2.45) is 0 Å². The molecule has 0 radical (unpaired) electrons. The third kappa shape index (κ3) is 18.6. The Labute approximate surface area is 102 Å². The molecule has 0 aliphatic heterocycles. The third-order valence-electron chi connectivity index (χ3n) is 0.847. The summed E-state index contributed by atoms with van der Waals surface area (Å²) in [6, 6.07) is 0. The van der Waals surface area contributed by atoms with E-state index in [1.54, 1.807) is 9.80 Å². The zero-order chi connectivity index (χ0) is 10.3. The molecule has 0 aromatic carbocycles. The molecule has 0 rings (SSSR count). The van der Waals surface area contributed by atoms with E-state index in [4.69, 9.17) is 15.3 Å². The number of guanidine groups is 1. The first-order valence-electron chi connectivity index (χ1n) is 3.39. The number of hydrogen-bond donors (Lipinski definition) is 1. The van der Waals surface area contributed by atoms with Gasteiger partial charge < -0.3 is 19.7 Å². The fourth-order valence-electron chi connectivity index (χ4n) is 0.400. The smallest absolute Gasteiger partial charge is 0.550 e. The number of carboxylic acids is 1. The monoisotopic (exact) mass is 197 g/mol. The molecular weight excluding hydrogens is 181 g/mol. The molecule has 6 heteroatoms. The molecule has 0 aromatic heterocycles. The van der Waals surface area contributed by atoms with Crippen LogP contribution in [0, 0.1) is 5.41 Å². The quantitative estimate of drug-likeness (QED) is 0.243. The predicted octanol–water partition coefficient (Wildman–Crippen LogP) is -4.20. The van der Waals surface area contributed by atoms with Crippen molar-refractivity contribution in [1.82, 2.24) is 9.80 Å². The predicted molar refractivity (Wildman–Crippen MR) is 45.8 cm³/mol. The van der Waals surface area contributed by atoms with Gasteiger partial charge >= 0.3 is 29.6 Å². The van der Waals surface area contributed by atoms with Gasteiger partial charge in [0, 0.05) is 34.2 Å². The van der Waals surface area contributed by atoms with E-state index in [2.05, 4.69) is 0 Å². The number of nitrogens with one attached hydrogen (secondary N) is 1. The van der Waals surface area contributed by atoms with E-state index in [0.717, 1.165) is 6.92 Å². The van der Waals surface area contributed by atoms with Gasteiger partial charge in [0.15, 0.2) is 5.96 Å². The molecule has 0 saturated carbocycles. The van der Waals surface area contributed by atoms with Crippen LogP contribution in [0.15, 0.2) is 0 Å². The average molecular weight is 197 g/mol. The molecule has 0 aromatic rings. The van der Waals surface area contributed by atoms with E-state index in [1.807, 2.05) is 28.2 Å². The Morgan fingerprint density at radius 3 is 1.31 bits per heavy atom. The number of rotatable bonds is 0. The molecule has 0 unspecified atom stereocenters. The minimum absolute atomic E-state index is 0. The van der Waals surface area contributed by atoms with E-state index in [-0.39, 0.29) is 29.6 Å². The van der Waals surface area contributed by atoms with Crippen LogP contribution in [0.2, 0.25) is 0 Å². The van der Waals surface area contributed by atoms with E-state index >= 15 is 0 Å². The van der Waals surface area contributed by atoms with Crippen molar-refractivity contribution in [2.45, 2.75) is 6.92 Å². The number of hydrogen-bond acceptors (Lipinski definition) is 3. The Bertz CT molecular complexity index is 146. The van der Waals surface area contributed by atoms with Gasteiger partial charge in [0.25, 0.3) is 0 Å². The van der Waals surface area contributed by atoms with Crippen LogP contribution in [0.25, 0.3) is 0 Å². The molecule has 0 fully saturated rings. The van der Waals surface area contributed by atoms with Crippen molar-refractivity contribution in [3.05, 3.63) is 0 Å². The third-order valence-corrected chi connectivity index (χ3v) is 0.847. The maximum absolute atomic E-state index is 8.89. The molecular formula is C7H16N3NaO2. The molecule has 0 aliphatic rings. The van der Waals surface area contributed by atoms with Gasteiger partial charge in [0.05, 0.1) is 0 Å².